The summed E-state index contributed by atoms with van der Waals surface area (Å²) in [6.45, 7) is 0.548. The number of methoxy groups -OCH3 is 1. The van der Waals surface area contributed by atoms with Crippen LogP contribution < -0.4 is 0 Å². The lowest BCUT2D eigenvalue weighted by molar-refractivity contribution is -0.137. The molecule has 0 heterocycles. The topological polar surface area (TPSA) is 41.8 Å². The quantitative estimate of drug-likeness (QED) is 0.373. The summed E-state index contributed by atoms with van der Waals surface area (Å²) in [5.41, 5.74) is 0.521. The number of hydrogen-bond acceptors (Lipinski definition) is 3. The molecule has 1 aromatic carbocycles. The summed E-state index contributed by atoms with van der Waals surface area (Å²) in [5.74, 6) is 0. The third-order valence-electron chi connectivity index (χ3n) is 2.64. The van der Waals surface area contributed by atoms with Crippen LogP contribution in [-0.2, 0) is 17.3 Å². The van der Waals surface area contributed by atoms with E-state index in [1.807, 2.05) is 0 Å². The molecule has 0 aliphatic carbocycles. The molecule has 19 heavy (non-hydrogen) atoms. The minimum Gasteiger partial charge on any atom is -0.411 e. The minimum atomic E-state index is -4.33. The molecule has 0 atom stereocenters. The SMILES string of the molecule is COCCC/C(Cc1ccc(C(F)(F)F)cc1)=N\O. The van der Waals surface area contributed by atoms with Gasteiger partial charge in [-0.25, -0.2) is 0 Å². The molecule has 0 spiro atoms. The van der Waals surface area contributed by atoms with Gasteiger partial charge in [-0.3, -0.25) is 0 Å². The van der Waals surface area contributed by atoms with Gasteiger partial charge in [0.05, 0.1) is 11.3 Å². The molecular weight excluding hydrogens is 259 g/mol. The maximum Gasteiger partial charge on any atom is 0.416 e. The molecule has 0 saturated carbocycles. The Morgan fingerprint density at radius 2 is 1.89 bits per heavy atom. The van der Waals surface area contributed by atoms with Gasteiger partial charge in [0, 0.05) is 20.1 Å². The molecule has 0 saturated heterocycles. The van der Waals surface area contributed by atoms with Crippen LogP contribution >= 0.6 is 0 Å². The number of oxime groups is 1. The summed E-state index contributed by atoms with van der Waals surface area (Å²) in [6.07, 6.45) is -2.74. The highest BCUT2D eigenvalue weighted by Gasteiger charge is 2.29. The molecule has 0 unspecified atom stereocenters. The van der Waals surface area contributed by atoms with Crippen LogP contribution in [0.1, 0.15) is 24.0 Å². The van der Waals surface area contributed by atoms with E-state index in [2.05, 4.69) is 5.16 Å². The van der Waals surface area contributed by atoms with Gasteiger partial charge in [-0.05, 0) is 30.5 Å². The van der Waals surface area contributed by atoms with Gasteiger partial charge in [0.25, 0.3) is 0 Å². The first-order valence-electron chi connectivity index (χ1n) is 5.82. The maximum atomic E-state index is 12.4. The molecule has 0 aromatic heterocycles. The van der Waals surface area contributed by atoms with E-state index in [1.165, 1.54) is 12.1 Å². The van der Waals surface area contributed by atoms with Gasteiger partial charge in [0.2, 0.25) is 0 Å². The molecule has 1 aromatic rings. The minimum absolute atomic E-state index is 0.332. The third-order valence-corrected chi connectivity index (χ3v) is 2.64. The van der Waals surface area contributed by atoms with Crippen LogP contribution in [0.25, 0.3) is 0 Å². The number of rotatable bonds is 6. The fraction of sp³-hybridized carbons (Fsp3) is 0.462. The van der Waals surface area contributed by atoms with E-state index in [-0.39, 0.29) is 0 Å². The first-order chi connectivity index (χ1) is 8.97. The fourth-order valence-corrected chi connectivity index (χ4v) is 1.64. The van der Waals surface area contributed by atoms with Crippen molar-refractivity contribution in [1.82, 2.24) is 0 Å². The summed E-state index contributed by atoms with van der Waals surface area (Å²) >= 11 is 0. The van der Waals surface area contributed by atoms with Crippen molar-refractivity contribution in [3.63, 3.8) is 0 Å². The molecule has 6 heteroatoms. The van der Waals surface area contributed by atoms with E-state index in [4.69, 9.17) is 9.94 Å². The van der Waals surface area contributed by atoms with Crippen molar-refractivity contribution in [3.05, 3.63) is 35.4 Å². The molecule has 0 aliphatic rings. The molecule has 106 valence electrons. The van der Waals surface area contributed by atoms with Gasteiger partial charge in [0.15, 0.2) is 0 Å². The molecule has 0 fully saturated rings. The van der Waals surface area contributed by atoms with Crippen molar-refractivity contribution in [1.29, 1.82) is 0 Å². The molecule has 0 bridgehead atoms. The Balaban J connectivity index is 2.61. The number of benzene rings is 1. The fourth-order valence-electron chi connectivity index (χ4n) is 1.64. The van der Waals surface area contributed by atoms with Crippen molar-refractivity contribution in [3.8, 4) is 0 Å². The summed E-state index contributed by atoms with van der Waals surface area (Å²) in [5, 5.41) is 12.0. The van der Waals surface area contributed by atoms with Crippen LogP contribution in [0.2, 0.25) is 0 Å². The largest absolute Gasteiger partial charge is 0.416 e. The Hall–Kier alpha value is -1.56. The summed E-state index contributed by atoms with van der Waals surface area (Å²) in [4.78, 5) is 0. The van der Waals surface area contributed by atoms with Crippen LogP contribution in [0.4, 0.5) is 13.2 Å². The van der Waals surface area contributed by atoms with Gasteiger partial charge in [-0.1, -0.05) is 17.3 Å². The van der Waals surface area contributed by atoms with Crippen molar-refractivity contribution < 1.29 is 23.1 Å². The second-order valence-electron chi connectivity index (χ2n) is 4.13. The molecule has 1 rings (SSSR count). The molecule has 0 amide bonds. The number of ether oxygens (including phenoxy) is 1. The van der Waals surface area contributed by atoms with Crippen LogP contribution in [0.15, 0.2) is 29.4 Å². The van der Waals surface area contributed by atoms with Crippen molar-refractivity contribution in [2.75, 3.05) is 13.7 Å². The van der Waals surface area contributed by atoms with Crippen LogP contribution in [0.5, 0.6) is 0 Å². The Labute approximate surface area is 109 Å². The number of alkyl halides is 3. The third kappa shape index (κ3) is 5.30. The summed E-state index contributed by atoms with van der Waals surface area (Å²) in [6, 6.07) is 4.84. The van der Waals surface area contributed by atoms with Crippen LogP contribution in [0.3, 0.4) is 0 Å². The molecular formula is C13H16F3NO2. The van der Waals surface area contributed by atoms with Crippen molar-refractivity contribution >= 4 is 5.71 Å². The van der Waals surface area contributed by atoms with Crippen LogP contribution in [-0.4, -0.2) is 24.6 Å². The number of halogens is 3. The second-order valence-corrected chi connectivity index (χ2v) is 4.13. The average molecular weight is 275 g/mol. The van der Waals surface area contributed by atoms with Gasteiger partial charge in [-0.15, -0.1) is 0 Å². The Bertz CT molecular complexity index is 413. The highest BCUT2D eigenvalue weighted by molar-refractivity contribution is 5.86. The Morgan fingerprint density at radius 3 is 2.37 bits per heavy atom. The summed E-state index contributed by atoms with van der Waals surface area (Å²) < 4.78 is 42.0. The molecule has 0 aliphatic heterocycles. The first-order valence-corrected chi connectivity index (χ1v) is 5.82. The molecule has 0 radical (unpaired) electrons. The molecule has 3 nitrogen and oxygen atoms in total. The van der Waals surface area contributed by atoms with E-state index >= 15 is 0 Å². The van der Waals surface area contributed by atoms with Crippen molar-refractivity contribution in [2.24, 2.45) is 5.16 Å². The Kier molecular flexibility index (Phi) is 5.82. The highest BCUT2D eigenvalue weighted by Crippen LogP contribution is 2.29. The van der Waals surface area contributed by atoms with Gasteiger partial charge >= 0.3 is 6.18 Å². The zero-order chi connectivity index (χ0) is 14.3. The first kappa shape index (κ1) is 15.5. The van der Waals surface area contributed by atoms with E-state index in [1.54, 1.807) is 7.11 Å². The molecule has 1 N–H and O–H groups in total. The van der Waals surface area contributed by atoms with E-state index in [0.717, 1.165) is 12.1 Å². The van der Waals surface area contributed by atoms with E-state index in [9.17, 15) is 13.2 Å². The van der Waals surface area contributed by atoms with Gasteiger partial charge < -0.3 is 9.94 Å². The lowest BCUT2D eigenvalue weighted by atomic mass is 10.0. The van der Waals surface area contributed by atoms with E-state index < -0.39 is 11.7 Å². The smallest absolute Gasteiger partial charge is 0.411 e. The highest BCUT2D eigenvalue weighted by atomic mass is 19.4. The lowest BCUT2D eigenvalue weighted by Crippen LogP contribution is -2.07. The average Bonchev–Trinajstić information content (AvgIpc) is 2.37. The lowest BCUT2D eigenvalue weighted by Gasteiger charge is -2.08. The predicted octanol–water partition coefficient (Wildman–Crippen LogP) is 3.50. The predicted molar refractivity (Wildman–Crippen MR) is 65.5 cm³/mol. The zero-order valence-electron chi connectivity index (χ0n) is 10.6. The monoisotopic (exact) mass is 275 g/mol. The number of nitrogens with zero attached hydrogens (tertiary/aromatic N) is 1. The summed E-state index contributed by atoms with van der Waals surface area (Å²) in [7, 11) is 1.58. The zero-order valence-corrected chi connectivity index (χ0v) is 10.6. The van der Waals surface area contributed by atoms with E-state index in [0.29, 0.717) is 37.1 Å². The van der Waals surface area contributed by atoms with Gasteiger partial charge in [-0.2, -0.15) is 13.2 Å². The van der Waals surface area contributed by atoms with Crippen molar-refractivity contribution in [2.45, 2.75) is 25.4 Å². The van der Waals surface area contributed by atoms with Gasteiger partial charge in [0.1, 0.15) is 0 Å². The Morgan fingerprint density at radius 1 is 1.26 bits per heavy atom. The maximum absolute atomic E-state index is 12.4. The second kappa shape index (κ2) is 7.13. The number of hydrogen-bond donors (Lipinski definition) is 1. The van der Waals surface area contributed by atoms with Crippen LogP contribution in [0, 0.1) is 0 Å². The normalized spacial score (nSPS) is 12.7. The standard InChI is InChI=1S/C13H16F3NO2/c1-19-8-2-3-12(17-18)9-10-4-6-11(7-5-10)13(14,15)16/h4-7,18H,2-3,8-9H2,1H3/b17-12+.